The molecule has 0 radical (unpaired) electrons. The normalized spacial score (nSPS) is 16.1. The van der Waals surface area contributed by atoms with Crippen molar-refractivity contribution in [1.29, 1.82) is 0 Å². The summed E-state index contributed by atoms with van der Waals surface area (Å²) in [6, 6.07) is 25.1. The summed E-state index contributed by atoms with van der Waals surface area (Å²) in [6.45, 7) is 5.38. The Kier molecular flexibility index (Phi) is 8.16. The number of carbonyl (C=O) groups is 3. The van der Waals surface area contributed by atoms with Gasteiger partial charge in [-0.25, -0.2) is 14.4 Å². The standard InChI is InChI=1S/C41H35FN6O4S/c1-24-10-15-29(38(43-24)47-22-41(23-47)17-20-52-21-18-41)39(50)44-26-13-11-25(12-14-26)40(51)48-19-16-28-33(42)36(53-35(28)27-6-2-5-9-32(27)48)34(49)37-45-30-7-3-4-8-31(30)46-37/h2-15H,16-23H2,1H3,(H,44,50)(H,45,46). The monoisotopic (exact) mass is 726 g/mol. The summed E-state index contributed by atoms with van der Waals surface area (Å²) >= 11 is 1.09. The Morgan fingerprint density at radius 3 is 2.47 bits per heavy atom. The zero-order chi connectivity index (χ0) is 36.3. The predicted octanol–water partition coefficient (Wildman–Crippen LogP) is 7.44. The van der Waals surface area contributed by atoms with E-state index in [1.54, 1.807) is 35.2 Å². The van der Waals surface area contributed by atoms with Crippen LogP contribution in [0.5, 0.6) is 0 Å². The smallest absolute Gasteiger partial charge is 0.259 e. The molecule has 0 saturated carbocycles. The van der Waals surface area contributed by atoms with Gasteiger partial charge in [0.1, 0.15) is 16.5 Å². The average molecular weight is 727 g/mol. The first kappa shape index (κ1) is 33.1. The molecule has 2 saturated heterocycles. The fourth-order valence-corrected chi connectivity index (χ4v) is 8.91. The third-order valence-electron chi connectivity index (χ3n) is 10.6. The minimum Gasteiger partial charge on any atom is -0.381 e. The number of H-pyrrole nitrogens is 1. The number of aryl methyl sites for hydroxylation is 1. The molecule has 2 fully saturated rings. The SMILES string of the molecule is Cc1ccc(C(=O)Nc2ccc(C(=O)N3CCc4c(sc(C(=O)c5nc6ccccc6[nH]5)c4F)-c4ccccc43)cc2)c(N2CC3(CCOCC3)C2)n1. The molecule has 2 amide bonds. The highest BCUT2D eigenvalue weighted by Gasteiger charge is 2.45. The quantitative estimate of drug-likeness (QED) is 0.171. The minimum atomic E-state index is -0.580. The summed E-state index contributed by atoms with van der Waals surface area (Å²) in [5.41, 5.74) is 5.59. The molecule has 3 aliphatic heterocycles. The van der Waals surface area contributed by atoms with Crippen LogP contribution in [0.2, 0.25) is 0 Å². The third-order valence-corrected chi connectivity index (χ3v) is 11.8. The number of thiophene rings is 1. The summed E-state index contributed by atoms with van der Waals surface area (Å²) in [5, 5.41) is 2.99. The number of aromatic amines is 1. The summed E-state index contributed by atoms with van der Waals surface area (Å²) in [5.74, 6) is -0.845. The minimum absolute atomic E-state index is 0.0112. The van der Waals surface area contributed by atoms with Gasteiger partial charge in [-0.2, -0.15) is 0 Å². The van der Waals surface area contributed by atoms with Crippen molar-refractivity contribution in [3.8, 4) is 10.4 Å². The molecule has 2 N–H and O–H groups in total. The Morgan fingerprint density at radius 2 is 1.68 bits per heavy atom. The van der Waals surface area contributed by atoms with Crippen molar-refractivity contribution < 1.29 is 23.5 Å². The zero-order valence-corrected chi connectivity index (χ0v) is 29.8. The first-order valence-electron chi connectivity index (χ1n) is 17.7. The molecule has 6 heterocycles. The molecule has 0 bridgehead atoms. The van der Waals surface area contributed by atoms with E-state index in [0.29, 0.717) is 55.4 Å². The van der Waals surface area contributed by atoms with Crippen molar-refractivity contribution in [2.45, 2.75) is 26.2 Å². The van der Waals surface area contributed by atoms with Crippen LogP contribution in [-0.2, 0) is 11.2 Å². The number of anilines is 3. The van der Waals surface area contributed by atoms with E-state index in [-0.39, 0.29) is 40.9 Å². The maximum absolute atomic E-state index is 16.1. The highest BCUT2D eigenvalue weighted by atomic mass is 32.1. The number of para-hydroxylation sites is 3. The van der Waals surface area contributed by atoms with E-state index in [0.717, 1.165) is 56.2 Å². The molecular formula is C41H35FN6O4S. The third kappa shape index (κ3) is 5.87. The molecule has 3 aromatic heterocycles. The van der Waals surface area contributed by atoms with Crippen LogP contribution in [0.25, 0.3) is 21.5 Å². The van der Waals surface area contributed by atoms with Crippen molar-refractivity contribution in [1.82, 2.24) is 15.0 Å². The first-order valence-corrected chi connectivity index (χ1v) is 18.5. The van der Waals surface area contributed by atoms with Crippen molar-refractivity contribution in [2.24, 2.45) is 5.41 Å². The molecular weight excluding hydrogens is 692 g/mol. The predicted molar refractivity (Wildman–Crippen MR) is 203 cm³/mol. The van der Waals surface area contributed by atoms with Gasteiger partial charge < -0.3 is 24.8 Å². The Bertz CT molecular complexity index is 2390. The van der Waals surface area contributed by atoms with Gasteiger partial charge in [0.2, 0.25) is 5.78 Å². The summed E-state index contributed by atoms with van der Waals surface area (Å²) < 4.78 is 21.7. The number of amides is 2. The second-order valence-electron chi connectivity index (χ2n) is 14.0. The number of imidazole rings is 1. The van der Waals surface area contributed by atoms with Crippen molar-refractivity contribution in [2.75, 3.05) is 48.0 Å². The van der Waals surface area contributed by atoms with Crippen LogP contribution >= 0.6 is 11.3 Å². The van der Waals surface area contributed by atoms with Crippen LogP contribution in [-0.4, -0.2) is 65.4 Å². The van der Waals surface area contributed by atoms with Crippen molar-refractivity contribution in [3.05, 3.63) is 124 Å². The van der Waals surface area contributed by atoms with Gasteiger partial charge in [-0.3, -0.25) is 14.4 Å². The number of fused-ring (bicyclic) bond motifs is 4. The molecule has 6 aromatic rings. The van der Waals surface area contributed by atoms with E-state index in [2.05, 4.69) is 20.2 Å². The van der Waals surface area contributed by atoms with Crippen LogP contribution in [0.1, 0.15) is 60.3 Å². The van der Waals surface area contributed by atoms with Crippen LogP contribution in [0, 0.1) is 18.2 Å². The molecule has 0 aliphatic carbocycles. The maximum atomic E-state index is 16.1. The topological polar surface area (TPSA) is 121 Å². The van der Waals surface area contributed by atoms with Crippen LogP contribution in [0.15, 0.2) is 84.9 Å². The van der Waals surface area contributed by atoms with Crippen LogP contribution in [0.4, 0.5) is 21.6 Å². The van der Waals surface area contributed by atoms with Gasteiger partial charge in [-0.15, -0.1) is 11.3 Å². The number of aromatic nitrogens is 3. The van der Waals surface area contributed by atoms with E-state index < -0.39 is 11.6 Å². The average Bonchev–Trinajstić information content (AvgIpc) is 3.70. The van der Waals surface area contributed by atoms with E-state index >= 15 is 4.39 Å². The Morgan fingerprint density at radius 1 is 0.925 bits per heavy atom. The number of hydrogen-bond acceptors (Lipinski definition) is 8. The van der Waals surface area contributed by atoms with Crippen LogP contribution in [0.3, 0.4) is 0 Å². The lowest BCUT2D eigenvalue weighted by Crippen LogP contribution is -2.59. The van der Waals surface area contributed by atoms with Gasteiger partial charge in [-0.1, -0.05) is 30.3 Å². The van der Waals surface area contributed by atoms with Gasteiger partial charge in [-0.05, 0) is 80.8 Å². The number of benzene rings is 3. The molecule has 0 atom stereocenters. The van der Waals surface area contributed by atoms with Gasteiger partial charge in [0.15, 0.2) is 5.82 Å². The van der Waals surface area contributed by atoms with Gasteiger partial charge in [0.25, 0.3) is 11.8 Å². The molecule has 1 spiro atoms. The number of pyridine rings is 1. The van der Waals surface area contributed by atoms with E-state index in [1.165, 1.54) is 0 Å². The Labute approximate surface area is 308 Å². The number of halogens is 1. The lowest BCUT2D eigenvalue weighted by Gasteiger charge is -2.53. The fourth-order valence-electron chi connectivity index (χ4n) is 7.70. The number of rotatable bonds is 6. The van der Waals surface area contributed by atoms with Gasteiger partial charge >= 0.3 is 0 Å². The number of ether oxygens (including phenoxy) is 1. The second-order valence-corrected chi connectivity index (χ2v) is 15.1. The number of ketones is 1. The second kappa shape index (κ2) is 13.0. The largest absolute Gasteiger partial charge is 0.381 e. The van der Waals surface area contributed by atoms with E-state index in [1.807, 2.05) is 61.5 Å². The molecule has 53 heavy (non-hydrogen) atoms. The van der Waals surface area contributed by atoms with Crippen molar-refractivity contribution in [3.63, 3.8) is 0 Å². The molecule has 3 aromatic carbocycles. The summed E-state index contributed by atoms with van der Waals surface area (Å²) in [6.07, 6.45) is 2.25. The first-order chi connectivity index (χ1) is 25.8. The lowest BCUT2D eigenvalue weighted by molar-refractivity contribution is -0.000519. The van der Waals surface area contributed by atoms with Gasteiger partial charge in [0.05, 0.1) is 22.3 Å². The highest BCUT2D eigenvalue weighted by molar-refractivity contribution is 7.17. The zero-order valence-electron chi connectivity index (χ0n) is 28.9. The molecule has 0 unspecified atom stereocenters. The Hall–Kier alpha value is -5.72. The molecule has 10 nitrogen and oxygen atoms in total. The van der Waals surface area contributed by atoms with Crippen LogP contribution < -0.4 is 15.1 Å². The number of nitrogens with zero attached hydrogens (tertiary/aromatic N) is 4. The summed E-state index contributed by atoms with van der Waals surface area (Å²) in [7, 11) is 0. The maximum Gasteiger partial charge on any atom is 0.259 e. The van der Waals surface area contributed by atoms with E-state index in [4.69, 9.17) is 9.72 Å². The number of hydrogen-bond donors (Lipinski definition) is 2. The number of nitrogens with one attached hydrogen (secondary N) is 2. The molecule has 12 heteroatoms. The Balaban J connectivity index is 0.930. The lowest BCUT2D eigenvalue weighted by atomic mass is 9.73. The van der Waals surface area contributed by atoms with Gasteiger partial charge in [0, 0.05) is 71.2 Å². The van der Waals surface area contributed by atoms with Crippen molar-refractivity contribution >= 4 is 57.2 Å². The molecule has 266 valence electrons. The molecule has 3 aliphatic rings. The molecule has 9 rings (SSSR count). The van der Waals surface area contributed by atoms with E-state index in [9.17, 15) is 14.4 Å². The number of carbonyl (C=O) groups excluding carboxylic acids is 3. The highest BCUT2D eigenvalue weighted by Crippen LogP contribution is 2.45. The fraction of sp³-hybridized carbons (Fsp3) is 0.244. The summed E-state index contributed by atoms with van der Waals surface area (Å²) in [4.78, 5) is 57.7.